The number of nitrogens with zero attached hydrogens (tertiary/aromatic N) is 1. The third-order valence-corrected chi connectivity index (χ3v) is 3.15. The zero-order valence-electron chi connectivity index (χ0n) is 12.2. The summed E-state index contributed by atoms with van der Waals surface area (Å²) in [5, 5.41) is 2.37. The fraction of sp³-hybridized carbons (Fsp3) is 0.294. The van der Waals surface area contributed by atoms with E-state index in [0.717, 1.165) is 11.5 Å². The number of alkyl carbamates (subject to hydrolysis) is 1. The minimum absolute atomic E-state index is 0.320. The second-order valence-electron chi connectivity index (χ2n) is 4.87. The van der Waals surface area contributed by atoms with Crippen LogP contribution in [0.2, 0.25) is 0 Å². The molecular formula is C17H20N2O2. The summed E-state index contributed by atoms with van der Waals surface area (Å²) in [4.78, 5) is 14.7. The van der Waals surface area contributed by atoms with Crippen LogP contribution in [0.3, 0.4) is 0 Å². The van der Waals surface area contributed by atoms with E-state index in [1.165, 1.54) is 25.5 Å². The van der Waals surface area contributed by atoms with Gasteiger partial charge in [-0.15, -0.1) is 0 Å². The van der Waals surface area contributed by atoms with Gasteiger partial charge in [0.1, 0.15) is 6.61 Å². The van der Waals surface area contributed by atoms with Crippen molar-refractivity contribution in [2.24, 2.45) is 0 Å². The average molecular weight is 284 g/mol. The van der Waals surface area contributed by atoms with Crippen LogP contribution in [0.5, 0.6) is 0 Å². The summed E-state index contributed by atoms with van der Waals surface area (Å²) in [6, 6.07) is 13.7. The number of carbonyl (C=O) groups excluding carboxylic acids is 1. The lowest BCUT2D eigenvalue weighted by Gasteiger charge is -2.02. The molecule has 1 saturated carbocycles. The van der Waals surface area contributed by atoms with Gasteiger partial charge in [-0.3, -0.25) is 4.98 Å². The van der Waals surface area contributed by atoms with Crippen molar-refractivity contribution in [3.05, 3.63) is 66.0 Å². The minimum atomic E-state index is -0.404. The molecule has 0 radical (unpaired) electrons. The largest absolute Gasteiger partial charge is 0.445 e. The molecule has 1 aliphatic rings. The van der Waals surface area contributed by atoms with Gasteiger partial charge in [0.15, 0.2) is 0 Å². The standard InChI is InChI=1S/C9H11NO2.C8H9N/c1-10-9(11)12-7-8-5-3-2-4-6-8;1-2-8(6-9-5-1)7-3-4-7/h2-6H,7H2,1H3,(H,10,11);1-2,5-7H,3-4H2. The van der Waals surface area contributed by atoms with Gasteiger partial charge in [-0.25, -0.2) is 4.79 Å². The van der Waals surface area contributed by atoms with Crippen LogP contribution in [-0.2, 0) is 11.3 Å². The SMILES string of the molecule is CNC(=O)OCc1ccccc1.c1cncc(C2CC2)c1. The van der Waals surface area contributed by atoms with E-state index >= 15 is 0 Å². The average Bonchev–Trinajstić information content (AvgIpc) is 3.40. The van der Waals surface area contributed by atoms with Crippen LogP contribution in [0, 0.1) is 0 Å². The molecule has 0 saturated heterocycles. The van der Waals surface area contributed by atoms with E-state index in [0.29, 0.717) is 6.61 Å². The third kappa shape index (κ3) is 5.65. The van der Waals surface area contributed by atoms with Crippen LogP contribution >= 0.6 is 0 Å². The van der Waals surface area contributed by atoms with Gasteiger partial charge in [0, 0.05) is 19.4 Å². The molecule has 1 heterocycles. The number of hydrogen-bond donors (Lipinski definition) is 1. The van der Waals surface area contributed by atoms with E-state index in [1.807, 2.05) is 48.8 Å². The normalized spacial score (nSPS) is 12.8. The number of aromatic nitrogens is 1. The molecule has 3 rings (SSSR count). The number of carbonyl (C=O) groups is 1. The van der Waals surface area contributed by atoms with E-state index in [9.17, 15) is 4.79 Å². The van der Waals surface area contributed by atoms with Gasteiger partial charge in [-0.05, 0) is 36.0 Å². The summed E-state index contributed by atoms with van der Waals surface area (Å²) in [5.74, 6) is 0.846. The first-order chi connectivity index (χ1) is 10.3. The Kier molecular flexibility index (Phi) is 5.76. The molecule has 1 fully saturated rings. The summed E-state index contributed by atoms with van der Waals surface area (Å²) in [6.07, 6.45) is 6.12. The van der Waals surface area contributed by atoms with Gasteiger partial charge in [0.25, 0.3) is 0 Å². The van der Waals surface area contributed by atoms with E-state index in [1.54, 1.807) is 0 Å². The lowest BCUT2D eigenvalue weighted by atomic mass is 10.2. The van der Waals surface area contributed by atoms with Crippen LogP contribution in [-0.4, -0.2) is 18.1 Å². The van der Waals surface area contributed by atoms with Crippen molar-refractivity contribution in [2.45, 2.75) is 25.4 Å². The minimum Gasteiger partial charge on any atom is -0.445 e. The van der Waals surface area contributed by atoms with Crippen molar-refractivity contribution in [2.75, 3.05) is 7.05 Å². The lowest BCUT2D eigenvalue weighted by molar-refractivity contribution is 0.142. The Bertz CT molecular complexity index is 539. The van der Waals surface area contributed by atoms with E-state index in [4.69, 9.17) is 4.74 Å². The number of amides is 1. The maximum Gasteiger partial charge on any atom is 0.407 e. The van der Waals surface area contributed by atoms with Crippen molar-refractivity contribution in [1.29, 1.82) is 0 Å². The fourth-order valence-corrected chi connectivity index (χ4v) is 1.83. The molecule has 1 amide bonds. The molecule has 21 heavy (non-hydrogen) atoms. The Labute approximate surface area is 125 Å². The number of ether oxygens (including phenoxy) is 1. The van der Waals surface area contributed by atoms with Crippen molar-refractivity contribution in [3.8, 4) is 0 Å². The van der Waals surface area contributed by atoms with Gasteiger partial charge < -0.3 is 10.1 Å². The monoisotopic (exact) mass is 284 g/mol. The number of benzene rings is 1. The molecule has 1 aromatic carbocycles. The van der Waals surface area contributed by atoms with Gasteiger partial charge in [0.2, 0.25) is 0 Å². The van der Waals surface area contributed by atoms with E-state index < -0.39 is 6.09 Å². The molecule has 1 aliphatic carbocycles. The zero-order valence-corrected chi connectivity index (χ0v) is 12.2. The highest BCUT2D eigenvalue weighted by Gasteiger charge is 2.22. The highest BCUT2D eigenvalue weighted by Crippen LogP contribution is 2.39. The van der Waals surface area contributed by atoms with Crippen molar-refractivity contribution in [1.82, 2.24) is 10.3 Å². The number of hydrogen-bond acceptors (Lipinski definition) is 3. The number of rotatable bonds is 3. The highest BCUT2D eigenvalue weighted by molar-refractivity contribution is 5.66. The smallest absolute Gasteiger partial charge is 0.407 e. The molecule has 4 heteroatoms. The molecule has 110 valence electrons. The first kappa shape index (κ1) is 15.0. The van der Waals surface area contributed by atoms with E-state index in [2.05, 4.69) is 16.4 Å². The molecule has 0 unspecified atom stereocenters. The van der Waals surface area contributed by atoms with Crippen LogP contribution in [0.15, 0.2) is 54.9 Å². The second-order valence-corrected chi connectivity index (χ2v) is 4.87. The number of pyridine rings is 1. The predicted octanol–water partition coefficient (Wildman–Crippen LogP) is 3.50. The van der Waals surface area contributed by atoms with Crippen LogP contribution in [0.25, 0.3) is 0 Å². The Morgan fingerprint density at radius 2 is 2.00 bits per heavy atom. The molecule has 2 aromatic rings. The topological polar surface area (TPSA) is 51.2 Å². The van der Waals surface area contributed by atoms with E-state index in [-0.39, 0.29) is 0 Å². The molecular weight excluding hydrogens is 264 g/mol. The van der Waals surface area contributed by atoms with Gasteiger partial charge >= 0.3 is 6.09 Å². The Balaban J connectivity index is 0.000000159. The first-order valence-electron chi connectivity index (χ1n) is 7.08. The summed E-state index contributed by atoms with van der Waals surface area (Å²) in [6.45, 7) is 0.320. The zero-order chi connectivity index (χ0) is 14.9. The first-order valence-corrected chi connectivity index (χ1v) is 7.08. The fourth-order valence-electron chi connectivity index (χ4n) is 1.83. The Hall–Kier alpha value is -2.36. The lowest BCUT2D eigenvalue weighted by Crippen LogP contribution is -2.18. The van der Waals surface area contributed by atoms with Crippen molar-refractivity contribution < 1.29 is 9.53 Å². The molecule has 4 nitrogen and oxygen atoms in total. The maximum absolute atomic E-state index is 10.7. The predicted molar refractivity (Wildman–Crippen MR) is 81.9 cm³/mol. The van der Waals surface area contributed by atoms with Crippen LogP contribution in [0.4, 0.5) is 4.79 Å². The summed E-state index contributed by atoms with van der Waals surface area (Å²) in [5.41, 5.74) is 2.40. The Morgan fingerprint density at radius 3 is 2.57 bits per heavy atom. The number of nitrogens with one attached hydrogen (secondary N) is 1. The molecule has 0 aliphatic heterocycles. The van der Waals surface area contributed by atoms with Gasteiger partial charge in [-0.1, -0.05) is 36.4 Å². The third-order valence-electron chi connectivity index (χ3n) is 3.15. The van der Waals surface area contributed by atoms with Crippen molar-refractivity contribution in [3.63, 3.8) is 0 Å². The Morgan fingerprint density at radius 1 is 1.24 bits per heavy atom. The van der Waals surface area contributed by atoms with Gasteiger partial charge in [0.05, 0.1) is 0 Å². The maximum atomic E-state index is 10.7. The summed E-state index contributed by atoms with van der Waals surface area (Å²) < 4.78 is 4.83. The molecule has 1 N–H and O–H groups in total. The summed E-state index contributed by atoms with van der Waals surface area (Å²) in [7, 11) is 1.54. The molecule has 0 spiro atoms. The van der Waals surface area contributed by atoms with Crippen LogP contribution < -0.4 is 5.32 Å². The van der Waals surface area contributed by atoms with Crippen molar-refractivity contribution >= 4 is 6.09 Å². The summed E-state index contributed by atoms with van der Waals surface area (Å²) >= 11 is 0. The molecule has 1 aromatic heterocycles. The molecule has 0 bridgehead atoms. The van der Waals surface area contributed by atoms with Crippen LogP contribution in [0.1, 0.15) is 29.9 Å². The van der Waals surface area contributed by atoms with Gasteiger partial charge in [-0.2, -0.15) is 0 Å². The highest BCUT2D eigenvalue weighted by atomic mass is 16.5. The molecule has 0 atom stereocenters. The quantitative estimate of drug-likeness (QED) is 0.938. The second kappa shape index (κ2) is 8.04.